The van der Waals surface area contributed by atoms with Crippen LogP contribution in [0.1, 0.15) is 17.7 Å². The Morgan fingerprint density at radius 2 is 2.33 bits per heavy atom. The number of rotatable bonds is 8. The Morgan fingerprint density at radius 3 is 2.95 bits per heavy atom. The summed E-state index contributed by atoms with van der Waals surface area (Å²) >= 11 is 3.04. The summed E-state index contributed by atoms with van der Waals surface area (Å²) in [5.74, 6) is 0.116. The summed E-state index contributed by atoms with van der Waals surface area (Å²) in [7, 11) is 1.64. The van der Waals surface area contributed by atoms with Gasteiger partial charge in [0.2, 0.25) is 5.91 Å². The van der Waals surface area contributed by atoms with Crippen molar-refractivity contribution in [3.05, 3.63) is 33.5 Å². The van der Waals surface area contributed by atoms with E-state index in [2.05, 4.69) is 10.4 Å². The first-order valence-electron chi connectivity index (χ1n) is 6.66. The highest BCUT2D eigenvalue weighted by atomic mass is 32.1. The molecule has 2 rings (SSSR count). The van der Waals surface area contributed by atoms with Crippen molar-refractivity contribution in [1.82, 2.24) is 9.88 Å². The second-order valence-electron chi connectivity index (χ2n) is 4.62. The first-order valence-corrected chi connectivity index (χ1v) is 8.49. The molecule has 0 saturated heterocycles. The summed E-state index contributed by atoms with van der Waals surface area (Å²) in [6.07, 6.45) is 1.07. The zero-order chi connectivity index (χ0) is 15.1. The maximum atomic E-state index is 12.4. The number of carbonyl (C=O) groups excluding carboxylic acids is 1. The SMILES string of the molecule is COCCN(Cc1ccsc1)C(=O)CCc1csc(N)n1. The first kappa shape index (κ1) is 15.9. The fraction of sp³-hybridized carbons (Fsp3) is 0.429. The van der Waals surface area contributed by atoms with Gasteiger partial charge in [-0.25, -0.2) is 4.98 Å². The molecule has 0 unspecified atom stereocenters. The van der Waals surface area contributed by atoms with Gasteiger partial charge >= 0.3 is 0 Å². The lowest BCUT2D eigenvalue weighted by molar-refractivity contribution is -0.132. The average Bonchev–Trinajstić information content (AvgIpc) is 3.12. The van der Waals surface area contributed by atoms with E-state index < -0.39 is 0 Å². The van der Waals surface area contributed by atoms with Gasteiger partial charge in [0.1, 0.15) is 0 Å². The third-order valence-corrected chi connectivity index (χ3v) is 4.49. The monoisotopic (exact) mass is 325 g/mol. The summed E-state index contributed by atoms with van der Waals surface area (Å²) in [4.78, 5) is 18.4. The quantitative estimate of drug-likeness (QED) is 0.809. The van der Waals surface area contributed by atoms with Crippen LogP contribution in [0, 0.1) is 0 Å². The van der Waals surface area contributed by atoms with E-state index in [-0.39, 0.29) is 5.91 Å². The van der Waals surface area contributed by atoms with Crippen molar-refractivity contribution in [2.45, 2.75) is 19.4 Å². The molecule has 0 radical (unpaired) electrons. The highest BCUT2D eigenvalue weighted by Crippen LogP contribution is 2.14. The van der Waals surface area contributed by atoms with Crippen LogP contribution in [0.4, 0.5) is 5.13 Å². The highest BCUT2D eigenvalue weighted by molar-refractivity contribution is 7.13. The van der Waals surface area contributed by atoms with Gasteiger partial charge in [-0.1, -0.05) is 0 Å². The zero-order valence-electron chi connectivity index (χ0n) is 11.9. The van der Waals surface area contributed by atoms with Gasteiger partial charge in [0.15, 0.2) is 5.13 Å². The van der Waals surface area contributed by atoms with Crippen LogP contribution < -0.4 is 5.73 Å². The molecule has 2 aromatic heterocycles. The van der Waals surface area contributed by atoms with Crippen LogP contribution in [-0.4, -0.2) is 36.1 Å². The maximum Gasteiger partial charge on any atom is 0.223 e. The molecule has 2 heterocycles. The van der Waals surface area contributed by atoms with E-state index >= 15 is 0 Å². The molecule has 0 aliphatic heterocycles. The molecule has 2 N–H and O–H groups in total. The Morgan fingerprint density at radius 1 is 1.48 bits per heavy atom. The molecule has 0 saturated carbocycles. The van der Waals surface area contributed by atoms with E-state index in [4.69, 9.17) is 10.5 Å². The normalized spacial score (nSPS) is 10.7. The molecular formula is C14H19N3O2S2. The Bertz CT molecular complexity index is 554. The third-order valence-electron chi connectivity index (χ3n) is 3.04. The maximum absolute atomic E-state index is 12.4. The molecule has 1 amide bonds. The van der Waals surface area contributed by atoms with Gasteiger partial charge in [-0.3, -0.25) is 4.79 Å². The molecule has 2 aromatic rings. The molecule has 0 fully saturated rings. The number of thiazole rings is 1. The molecule has 0 aliphatic rings. The fourth-order valence-electron chi connectivity index (χ4n) is 1.93. The zero-order valence-corrected chi connectivity index (χ0v) is 13.6. The lowest BCUT2D eigenvalue weighted by atomic mass is 10.2. The number of thiophene rings is 1. The second kappa shape index (κ2) is 8.11. The van der Waals surface area contributed by atoms with Crippen molar-refractivity contribution in [2.24, 2.45) is 0 Å². The smallest absolute Gasteiger partial charge is 0.223 e. The number of aromatic nitrogens is 1. The van der Waals surface area contributed by atoms with Gasteiger partial charge in [-0.2, -0.15) is 11.3 Å². The van der Waals surface area contributed by atoms with Crippen LogP contribution in [0.3, 0.4) is 0 Å². The van der Waals surface area contributed by atoms with Crippen LogP contribution >= 0.6 is 22.7 Å². The number of hydrogen-bond acceptors (Lipinski definition) is 6. The Balaban J connectivity index is 1.90. The van der Waals surface area contributed by atoms with Gasteiger partial charge in [-0.15, -0.1) is 11.3 Å². The molecule has 114 valence electrons. The predicted octanol–water partition coefficient (Wildman–Crippen LogP) is 2.39. The van der Waals surface area contributed by atoms with Crippen LogP contribution in [0.25, 0.3) is 0 Å². The number of anilines is 1. The van der Waals surface area contributed by atoms with Gasteiger partial charge < -0.3 is 15.4 Å². The predicted molar refractivity (Wildman–Crippen MR) is 86.5 cm³/mol. The van der Waals surface area contributed by atoms with Crippen molar-refractivity contribution in [1.29, 1.82) is 0 Å². The minimum atomic E-state index is 0.116. The molecule has 0 spiro atoms. The van der Waals surface area contributed by atoms with Gasteiger partial charge in [-0.05, 0) is 28.8 Å². The van der Waals surface area contributed by atoms with E-state index in [9.17, 15) is 4.79 Å². The number of nitrogen functional groups attached to an aromatic ring is 1. The minimum Gasteiger partial charge on any atom is -0.383 e. The fourth-order valence-corrected chi connectivity index (χ4v) is 3.18. The van der Waals surface area contributed by atoms with E-state index in [0.717, 1.165) is 11.3 Å². The largest absolute Gasteiger partial charge is 0.383 e. The third kappa shape index (κ3) is 5.11. The number of methoxy groups -OCH3 is 1. The molecular weight excluding hydrogens is 306 g/mol. The molecule has 21 heavy (non-hydrogen) atoms. The number of aryl methyl sites for hydroxylation is 1. The average molecular weight is 325 g/mol. The number of ether oxygens (including phenoxy) is 1. The number of amides is 1. The number of nitrogens with two attached hydrogens (primary N) is 1. The van der Waals surface area contributed by atoms with Crippen molar-refractivity contribution < 1.29 is 9.53 Å². The standard InChI is InChI=1S/C14H19N3O2S2/c1-19-6-5-17(8-11-4-7-20-9-11)13(18)3-2-12-10-21-14(15)16-12/h4,7,9-10H,2-3,5-6,8H2,1H3,(H2,15,16). The lowest BCUT2D eigenvalue weighted by Crippen LogP contribution is -2.33. The molecule has 0 aliphatic carbocycles. The van der Waals surface area contributed by atoms with E-state index in [0.29, 0.717) is 37.7 Å². The molecule has 0 aromatic carbocycles. The van der Waals surface area contributed by atoms with Crippen molar-refractivity contribution >= 4 is 33.7 Å². The summed E-state index contributed by atoms with van der Waals surface area (Å²) in [5, 5.41) is 6.54. The van der Waals surface area contributed by atoms with Gasteiger partial charge in [0.05, 0.1) is 12.3 Å². The number of hydrogen-bond donors (Lipinski definition) is 1. The van der Waals surface area contributed by atoms with Crippen LogP contribution in [0.5, 0.6) is 0 Å². The van der Waals surface area contributed by atoms with Crippen LogP contribution in [0.15, 0.2) is 22.2 Å². The highest BCUT2D eigenvalue weighted by Gasteiger charge is 2.14. The summed E-state index contributed by atoms with van der Waals surface area (Å²) in [5.41, 5.74) is 7.63. The minimum absolute atomic E-state index is 0.116. The van der Waals surface area contributed by atoms with Crippen LogP contribution in [0.2, 0.25) is 0 Å². The number of nitrogens with zero attached hydrogens (tertiary/aromatic N) is 2. The van der Waals surface area contributed by atoms with Crippen LogP contribution in [-0.2, 0) is 22.5 Å². The van der Waals surface area contributed by atoms with E-state index in [1.54, 1.807) is 18.4 Å². The van der Waals surface area contributed by atoms with Crippen molar-refractivity contribution in [3.8, 4) is 0 Å². The Labute approximate surface area is 132 Å². The van der Waals surface area contributed by atoms with Gasteiger partial charge in [0.25, 0.3) is 0 Å². The van der Waals surface area contributed by atoms with Crippen molar-refractivity contribution in [3.63, 3.8) is 0 Å². The second-order valence-corrected chi connectivity index (χ2v) is 6.29. The molecule has 5 nitrogen and oxygen atoms in total. The molecule has 0 atom stereocenters. The Kier molecular flexibility index (Phi) is 6.16. The topological polar surface area (TPSA) is 68.5 Å². The summed E-state index contributed by atoms with van der Waals surface area (Å²) in [6.45, 7) is 1.77. The molecule has 0 bridgehead atoms. The lowest BCUT2D eigenvalue weighted by Gasteiger charge is -2.22. The van der Waals surface area contributed by atoms with E-state index in [1.165, 1.54) is 11.3 Å². The summed E-state index contributed by atoms with van der Waals surface area (Å²) in [6, 6.07) is 2.04. The Hall–Kier alpha value is -1.44. The number of carbonyl (C=O) groups is 1. The van der Waals surface area contributed by atoms with Gasteiger partial charge in [0, 0.05) is 32.0 Å². The first-order chi connectivity index (χ1) is 10.2. The van der Waals surface area contributed by atoms with Crippen molar-refractivity contribution in [2.75, 3.05) is 26.0 Å². The molecule has 7 heteroatoms. The van der Waals surface area contributed by atoms with E-state index in [1.807, 2.05) is 21.7 Å². The summed E-state index contributed by atoms with van der Waals surface area (Å²) < 4.78 is 5.09.